The van der Waals surface area contributed by atoms with E-state index >= 15 is 0 Å². The lowest BCUT2D eigenvalue weighted by Gasteiger charge is -2.07. The molecule has 2 aromatic carbocycles. The van der Waals surface area contributed by atoms with Crippen molar-refractivity contribution in [3.05, 3.63) is 66.9 Å². The predicted molar refractivity (Wildman–Crippen MR) is 101 cm³/mol. The van der Waals surface area contributed by atoms with Gasteiger partial charge in [-0.1, -0.05) is 18.2 Å². The Labute approximate surface area is 155 Å². The Morgan fingerprint density at radius 2 is 1.78 bits per heavy atom. The summed E-state index contributed by atoms with van der Waals surface area (Å²) in [5.41, 5.74) is 4.30. The summed E-state index contributed by atoms with van der Waals surface area (Å²) in [6, 6.07) is 19.3. The van der Waals surface area contributed by atoms with Gasteiger partial charge < -0.3 is 4.74 Å². The molecule has 0 saturated heterocycles. The van der Waals surface area contributed by atoms with E-state index in [-0.39, 0.29) is 5.95 Å². The lowest BCUT2D eigenvalue weighted by Crippen LogP contribution is -2.07. The third-order valence-electron chi connectivity index (χ3n) is 3.71. The standard InChI is InChI=1S/C19H16N6O2/c1-26-22-13-21-18-23-19-20-12-11-17(25(19)24-18)14-7-9-16(10-8-14)27-15-5-3-2-4-6-15/h2-13H,1H3,(H,21,22,24). The Morgan fingerprint density at radius 3 is 2.56 bits per heavy atom. The van der Waals surface area contributed by atoms with Crippen molar-refractivity contribution in [2.24, 2.45) is 4.99 Å². The number of nitrogens with zero attached hydrogens (tertiary/aromatic N) is 5. The smallest absolute Gasteiger partial charge is 0.272 e. The van der Waals surface area contributed by atoms with Crippen LogP contribution >= 0.6 is 0 Å². The highest BCUT2D eigenvalue weighted by molar-refractivity contribution is 5.63. The summed E-state index contributed by atoms with van der Waals surface area (Å²) >= 11 is 0. The molecule has 1 N–H and O–H groups in total. The van der Waals surface area contributed by atoms with Crippen molar-refractivity contribution in [2.45, 2.75) is 0 Å². The molecule has 0 fully saturated rings. The number of aliphatic imine (C=N–C) groups is 1. The molecule has 8 nitrogen and oxygen atoms in total. The molecule has 27 heavy (non-hydrogen) atoms. The summed E-state index contributed by atoms with van der Waals surface area (Å²) in [4.78, 5) is 17.3. The zero-order valence-electron chi connectivity index (χ0n) is 14.5. The molecule has 2 heterocycles. The van der Waals surface area contributed by atoms with Gasteiger partial charge in [-0.3, -0.25) is 10.3 Å². The van der Waals surface area contributed by atoms with E-state index in [9.17, 15) is 0 Å². The molecule has 0 saturated carbocycles. The number of hydrogen-bond donors (Lipinski definition) is 1. The van der Waals surface area contributed by atoms with Gasteiger partial charge in [0.1, 0.15) is 17.8 Å². The number of hydrogen-bond acceptors (Lipinski definition) is 6. The quantitative estimate of drug-likeness (QED) is 0.322. The number of para-hydroxylation sites is 1. The van der Waals surface area contributed by atoms with Crippen molar-refractivity contribution < 1.29 is 9.57 Å². The van der Waals surface area contributed by atoms with Gasteiger partial charge in [0.2, 0.25) is 0 Å². The molecule has 4 rings (SSSR count). The Hall–Kier alpha value is -3.78. The molecule has 0 aliphatic heterocycles. The van der Waals surface area contributed by atoms with E-state index < -0.39 is 0 Å². The first-order chi connectivity index (χ1) is 13.3. The average Bonchev–Trinajstić information content (AvgIpc) is 3.13. The minimum absolute atomic E-state index is 0.281. The van der Waals surface area contributed by atoms with Gasteiger partial charge in [-0.05, 0) is 42.5 Å². The lowest BCUT2D eigenvalue weighted by molar-refractivity contribution is 0.148. The summed E-state index contributed by atoms with van der Waals surface area (Å²) < 4.78 is 7.48. The molecule has 134 valence electrons. The molecule has 0 aliphatic carbocycles. The zero-order chi connectivity index (χ0) is 18.5. The van der Waals surface area contributed by atoms with Crippen molar-refractivity contribution in [1.82, 2.24) is 25.1 Å². The summed E-state index contributed by atoms with van der Waals surface area (Å²) in [5, 5.41) is 4.37. The Morgan fingerprint density at radius 1 is 1.00 bits per heavy atom. The summed E-state index contributed by atoms with van der Waals surface area (Å²) in [5.74, 6) is 2.29. The summed E-state index contributed by atoms with van der Waals surface area (Å²) in [6.07, 6.45) is 3.05. The first-order valence-electron chi connectivity index (χ1n) is 8.20. The van der Waals surface area contributed by atoms with Crippen molar-refractivity contribution in [3.63, 3.8) is 0 Å². The fraction of sp³-hybridized carbons (Fsp3) is 0.0526. The largest absolute Gasteiger partial charge is 0.457 e. The second kappa shape index (κ2) is 7.63. The highest BCUT2D eigenvalue weighted by Gasteiger charge is 2.09. The summed E-state index contributed by atoms with van der Waals surface area (Å²) in [7, 11) is 1.49. The monoisotopic (exact) mass is 360 g/mol. The third kappa shape index (κ3) is 3.75. The minimum atomic E-state index is 0.281. The average molecular weight is 360 g/mol. The Kier molecular flexibility index (Phi) is 4.71. The van der Waals surface area contributed by atoms with Crippen LogP contribution in [0.2, 0.25) is 0 Å². The molecular formula is C19H16N6O2. The number of hydroxylamine groups is 1. The van der Waals surface area contributed by atoms with Crippen LogP contribution in [0, 0.1) is 0 Å². The second-order valence-corrected chi connectivity index (χ2v) is 5.47. The van der Waals surface area contributed by atoms with Gasteiger partial charge in [0.05, 0.1) is 12.8 Å². The number of benzene rings is 2. The van der Waals surface area contributed by atoms with Gasteiger partial charge in [0.25, 0.3) is 11.7 Å². The van der Waals surface area contributed by atoms with E-state index in [1.54, 1.807) is 10.7 Å². The van der Waals surface area contributed by atoms with E-state index in [0.717, 1.165) is 22.8 Å². The van der Waals surface area contributed by atoms with E-state index in [4.69, 9.17) is 9.57 Å². The van der Waals surface area contributed by atoms with Crippen LogP contribution in [0.5, 0.6) is 11.5 Å². The van der Waals surface area contributed by atoms with E-state index in [0.29, 0.717) is 5.78 Å². The van der Waals surface area contributed by atoms with Crippen molar-refractivity contribution in [3.8, 4) is 22.8 Å². The topological polar surface area (TPSA) is 85.9 Å². The third-order valence-corrected chi connectivity index (χ3v) is 3.71. The molecule has 0 bridgehead atoms. The first kappa shape index (κ1) is 16.7. The van der Waals surface area contributed by atoms with Crippen LogP contribution in [0.25, 0.3) is 17.0 Å². The van der Waals surface area contributed by atoms with E-state index in [1.165, 1.54) is 13.4 Å². The maximum Gasteiger partial charge on any atom is 0.272 e. The van der Waals surface area contributed by atoms with Crippen LogP contribution < -0.4 is 10.2 Å². The maximum atomic E-state index is 5.83. The van der Waals surface area contributed by atoms with Crippen molar-refractivity contribution in [2.75, 3.05) is 7.11 Å². The van der Waals surface area contributed by atoms with Gasteiger partial charge in [-0.25, -0.2) is 4.98 Å². The van der Waals surface area contributed by atoms with Crippen LogP contribution in [-0.4, -0.2) is 33.0 Å². The predicted octanol–water partition coefficient (Wildman–Crippen LogP) is 3.39. The minimum Gasteiger partial charge on any atom is -0.457 e. The van der Waals surface area contributed by atoms with Crippen molar-refractivity contribution >= 4 is 18.1 Å². The van der Waals surface area contributed by atoms with E-state index in [1.807, 2.05) is 60.7 Å². The molecule has 8 heteroatoms. The molecule has 0 radical (unpaired) electrons. The highest BCUT2D eigenvalue weighted by Crippen LogP contribution is 2.26. The fourth-order valence-corrected chi connectivity index (χ4v) is 2.51. The van der Waals surface area contributed by atoms with Crippen LogP contribution in [0.3, 0.4) is 0 Å². The number of aromatic nitrogens is 4. The maximum absolute atomic E-state index is 5.83. The number of rotatable bonds is 6. The van der Waals surface area contributed by atoms with Crippen LogP contribution in [0.4, 0.5) is 5.95 Å². The zero-order valence-corrected chi connectivity index (χ0v) is 14.5. The Bertz CT molecular complexity index is 1060. The number of fused-ring (bicyclic) bond motifs is 1. The van der Waals surface area contributed by atoms with Crippen LogP contribution in [0.1, 0.15) is 0 Å². The molecule has 0 spiro atoms. The van der Waals surface area contributed by atoms with Crippen LogP contribution in [0.15, 0.2) is 71.9 Å². The van der Waals surface area contributed by atoms with Crippen molar-refractivity contribution in [1.29, 1.82) is 0 Å². The molecule has 4 aromatic rings. The summed E-state index contributed by atoms with van der Waals surface area (Å²) in [6.45, 7) is 0. The Balaban J connectivity index is 1.61. The van der Waals surface area contributed by atoms with Gasteiger partial charge in [0, 0.05) is 11.8 Å². The lowest BCUT2D eigenvalue weighted by atomic mass is 10.1. The molecule has 0 amide bonds. The second-order valence-electron chi connectivity index (χ2n) is 5.47. The number of nitrogens with one attached hydrogen (secondary N) is 1. The highest BCUT2D eigenvalue weighted by atomic mass is 16.6. The molecular weight excluding hydrogens is 344 g/mol. The normalized spacial score (nSPS) is 11.1. The molecule has 0 aliphatic rings. The first-order valence-corrected chi connectivity index (χ1v) is 8.20. The SMILES string of the molecule is CON/C=N/c1nc2nccc(-c3ccc(Oc4ccccc4)cc3)n2n1. The van der Waals surface area contributed by atoms with Crippen LogP contribution in [-0.2, 0) is 4.84 Å². The molecule has 2 aromatic heterocycles. The van der Waals surface area contributed by atoms with E-state index in [2.05, 4.69) is 25.5 Å². The number of ether oxygens (including phenoxy) is 1. The van der Waals surface area contributed by atoms with Gasteiger partial charge >= 0.3 is 0 Å². The molecule has 0 atom stereocenters. The van der Waals surface area contributed by atoms with Gasteiger partial charge in [0.15, 0.2) is 0 Å². The van der Waals surface area contributed by atoms with Gasteiger partial charge in [-0.2, -0.15) is 14.5 Å². The van der Waals surface area contributed by atoms with Gasteiger partial charge in [-0.15, -0.1) is 5.10 Å². The molecule has 0 unspecified atom stereocenters. The fourth-order valence-electron chi connectivity index (χ4n) is 2.51.